The van der Waals surface area contributed by atoms with Crippen LogP contribution in [0.25, 0.3) is 0 Å². The first kappa shape index (κ1) is 8.12. The Bertz CT molecular complexity index is 379. The third-order valence-corrected chi connectivity index (χ3v) is 2.38. The van der Waals surface area contributed by atoms with Gasteiger partial charge in [0.2, 0.25) is 0 Å². The minimum atomic E-state index is -0.00727. The molecule has 0 radical (unpaired) electrons. The molecule has 0 amide bonds. The molecule has 0 aromatic carbocycles. The van der Waals surface area contributed by atoms with Gasteiger partial charge in [-0.2, -0.15) is 26.7 Å². The van der Waals surface area contributed by atoms with E-state index in [4.69, 9.17) is 0 Å². The maximum atomic E-state index is 11.5. The third kappa shape index (κ3) is 1.81. The number of thiophene rings is 1. The van der Waals surface area contributed by atoms with E-state index >= 15 is 0 Å². The number of Topliss-reactive ketones (excluding diaryl/α,β-unsaturated/α-hetero) is 1. The SMILES string of the molecule is O=C(Cc1ccsc1)c1cn[nH]n1. The van der Waals surface area contributed by atoms with Crippen LogP contribution in [0.2, 0.25) is 0 Å². The number of aromatic amines is 1. The highest BCUT2D eigenvalue weighted by Crippen LogP contribution is 2.08. The van der Waals surface area contributed by atoms with Gasteiger partial charge in [0.15, 0.2) is 5.78 Å². The monoisotopic (exact) mass is 193 g/mol. The molecule has 5 heteroatoms. The van der Waals surface area contributed by atoms with Gasteiger partial charge in [-0.25, -0.2) is 0 Å². The van der Waals surface area contributed by atoms with E-state index in [2.05, 4.69) is 15.4 Å². The van der Waals surface area contributed by atoms with Gasteiger partial charge >= 0.3 is 0 Å². The van der Waals surface area contributed by atoms with Crippen molar-refractivity contribution in [3.8, 4) is 0 Å². The van der Waals surface area contributed by atoms with Crippen molar-refractivity contribution in [2.45, 2.75) is 6.42 Å². The lowest BCUT2D eigenvalue weighted by Crippen LogP contribution is -2.02. The Labute approximate surface area is 78.6 Å². The fraction of sp³-hybridized carbons (Fsp3) is 0.125. The minimum Gasteiger partial charge on any atom is -0.292 e. The van der Waals surface area contributed by atoms with Gasteiger partial charge in [-0.3, -0.25) is 4.79 Å². The molecule has 13 heavy (non-hydrogen) atoms. The van der Waals surface area contributed by atoms with Crippen molar-refractivity contribution < 1.29 is 4.79 Å². The summed E-state index contributed by atoms with van der Waals surface area (Å²) in [5.74, 6) is -0.00727. The molecular formula is C8H7N3OS. The van der Waals surface area contributed by atoms with Crippen molar-refractivity contribution in [2.24, 2.45) is 0 Å². The summed E-state index contributed by atoms with van der Waals surface area (Å²) >= 11 is 1.58. The molecule has 2 aromatic heterocycles. The van der Waals surface area contributed by atoms with E-state index in [1.165, 1.54) is 6.20 Å². The molecule has 0 saturated carbocycles. The lowest BCUT2D eigenvalue weighted by Gasteiger charge is -1.91. The molecule has 0 fully saturated rings. The predicted octanol–water partition coefficient (Wildman–Crippen LogP) is 1.29. The number of H-pyrrole nitrogens is 1. The van der Waals surface area contributed by atoms with Crippen LogP contribution < -0.4 is 0 Å². The molecule has 2 aromatic rings. The van der Waals surface area contributed by atoms with Gasteiger partial charge in [0.05, 0.1) is 6.20 Å². The molecule has 0 bridgehead atoms. The van der Waals surface area contributed by atoms with Gasteiger partial charge in [-0.1, -0.05) is 0 Å². The Morgan fingerprint density at radius 1 is 1.62 bits per heavy atom. The molecule has 2 rings (SSSR count). The fourth-order valence-electron chi connectivity index (χ4n) is 1.01. The topological polar surface area (TPSA) is 58.6 Å². The molecule has 2 heterocycles. The van der Waals surface area contributed by atoms with Crippen molar-refractivity contribution in [3.63, 3.8) is 0 Å². The van der Waals surface area contributed by atoms with Gasteiger partial charge in [0, 0.05) is 6.42 Å². The first-order valence-corrected chi connectivity index (χ1v) is 4.70. The number of nitrogens with zero attached hydrogens (tertiary/aromatic N) is 2. The number of rotatable bonds is 3. The molecule has 0 aliphatic rings. The third-order valence-electron chi connectivity index (χ3n) is 1.65. The van der Waals surface area contributed by atoms with Crippen LogP contribution in [0.1, 0.15) is 16.1 Å². The maximum Gasteiger partial charge on any atom is 0.189 e. The largest absolute Gasteiger partial charge is 0.292 e. The van der Waals surface area contributed by atoms with E-state index < -0.39 is 0 Å². The van der Waals surface area contributed by atoms with E-state index in [0.717, 1.165) is 5.56 Å². The number of hydrogen-bond donors (Lipinski definition) is 1. The van der Waals surface area contributed by atoms with Gasteiger partial charge in [0.25, 0.3) is 0 Å². The lowest BCUT2D eigenvalue weighted by molar-refractivity contribution is 0.0988. The van der Waals surface area contributed by atoms with Crippen LogP contribution in [0, 0.1) is 0 Å². The quantitative estimate of drug-likeness (QED) is 0.747. The molecule has 0 spiro atoms. The van der Waals surface area contributed by atoms with E-state index in [1.54, 1.807) is 11.3 Å². The summed E-state index contributed by atoms with van der Waals surface area (Å²) in [6.07, 6.45) is 1.84. The van der Waals surface area contributed by atoms with Crippen LogP contribution in [0.4, 0.5) is 0 Å². The number of ketones is 1. The minimum absolute atomic E-state index is 0.00727. The molecule has 0 aliphatic carbocycles. The standard InChI is InChI=1S/C8H7N3OS/c12-8(7-4-9-11-10-7)3-6-1-2-13-5-6/h1-2,4-5H,3H2,(H,9,10,11). The van der Waals surface area contributed by atoms with Crippen LogP contribution >= 0.6 is 11.3 Å². The van der Waals surface area contributed by atoms with Gasteiger partial charge in [-0.15, -0.1) is 0 Å². The molecule has 0 aliphatic heterocycles. The average molecular weight is 193 g/mol. The zero-order valence-corrected chi connectivity index (χ0v) is 7.54. The van der Waals surface area contributed by atoms with E-state index in [-0.39, 0.29) is 5.78 Å². The van der Waals surface area contributed by atoms with Crippen molar-refractivity contribution in [1.29, 1.82) is 0 Å². The van der Waals surface area contributed by atoms with Crippen molar-refractivity contribution in [1.82, 2.24) is 15.4 Å². The van der Waals surface area contributed by atoms with E-state index in [1.807, 2.05) is 16.8 Å². The molecule has 0 unspecified atom stereocenters. The summed E-state index contributed by atoms with van der Waals surface area (Å²) in [6, 6.07) is 1.93. The summed E-state index contributed by atoms with van der Waals surface area (Å²) in [5.41, 5.74) is 1.42. The Morgan fingerprint density at radius 2 is 2.54 bits per heavy atom. The summed E-state index contributed by atoms with van der Waals surface area (Å²) < 4.78 is 0. The second kappa shape index (κ2) is 3.49. The van der Waals surface area contributed by atoms with Gasteiger partial charge in [-0.05, 0) is 22.4 Å². The van der Waals surface area contributed by atoms with E-state index in [9.17, 15) is 4.79 Å². The first-order chi connectivity index (χ1) is 6.36. The van der Waals surface area contributed by atoms with Crippen LogP contribution in [-0.2, 0) is 6.42 Å². The van der Waals surface area contributed by atoms with Crippen molar-refractivity contribution in [2.75, 3.05) is 0 Å². The second-order valence-electron chi connectivity index (χ2n) is 2.59. The van der Waals surface area contributed by atoms with Crippen LogP contribution in [0.15, 0.2) is 23.0 Å². The van der Waals surface area contributed by atoms with Gasteiger partial charge < -0.3 is 0 Å². The fourth-order valence-corrected chi connectivity index (χ4v) is 1.67. The second-order valence-corrected chi connectivity index (χ2v) is 3.37. The normalized spacial score (nSPS) is 10.2. The van der Waals surface area contributed by atoms with Crippen molar-refractivity contribution in [3.05, 3.63) is 34.3 Å². The summed E-state index contributed by atoms with van der Waals surface area (Å²) in [6.45, 7) is 0. The zero-order valence-electron chi connectivity index (χ0n) is 6.73. The molecule has 0 saturated heterocycles. The highest BCUT2D eigenvalue weighted by molar-refractivity contribution is 7.08. The zero-order chi connectivity index (χ0) is 9.10. The lowest BCUT2D eigenvalue weighted by atomic mass is 10.1. The number of aromatic nitrogens is 3. The summed E-state index contributed by atoms with van der Waals surface area (Å²) in [5, 5.41) is 13.6. The molecule has 66 valence electrons. The van der Waals surface area contributed by atoms with E-state index in [0.29, 0.717) is 12.1 Å². The van der Waals surface area contributed by atoms with Crippen LogP contribution in [0.3, 0.4) is 0 Å². The summed E-state index contributed by atoms with van der Waals surface area (Å²) in [7, 11) is 0. The maximum absolute atomic E-state index is 11.5. The van der Waals surface area contributed by atoms with Gasteiger partial charge in [0.1, 0.15) is 5.69 Å². The highest BCUT2D eigenvalue weighted by atomic mass is 32.1. The molecule has 4 nitrogen and oxygen atoms in total. The average Bonchev–Trinajstić information content (AvgIpc) is 2.74. The van der Waals surface area contributed by atoms with Crippen LogP contribution in [-0.4, -0.2) is 21.2 Å². The molecule has 1 N–H and O–H groups in total. The Balaban J connectivity index is 2.08. The Morgan fingerprint density at radius 3 is 3.15 bits per heavy atom. The van der Waals surface area contributed by atoms with Crippen LogP contribution in [0.5, 0.6) is 0 Å². The number of hydrogen-bond acceptors (Lipinski definition) is 4. The Kier molecular flexibility index (Phi) is 2.18. The predicted molar refractivity (Wildman–Crippen MR) is 48.7 cm³/mol. The molecule has 0 atom stereocenters. The number of carbonyl (C=O) groups is 1. The van der Waals surface area contributed by atoms with Crippen molar-refractivity contribution >= 4 is 17.1 Å². The summed E-state index contributed by atoms with van der Waals surface area (Å²) in [4.78, 5) is 11.5. The number of carbonyl (C=O) groups excluding carboxylic acids is 1. The number of nitrogens with one attached hydrogen (secondary N) is 1. The smallest absolute Gasteiger partial charge is 0.189 e. The highest BCUT2D eigenvalue weighted by Gasteiger charge is 2.09. The first-order valence-electron chi connectivity index (χ1n) is 3.76. The molecular weight excluding hydrogens is 186 g/mol. The Hall–Kier alpha value is -1.49.